The van der Waals surface area contributed by atoms with E-state index in [9.17, 15) is 18.3 Å². The van der Waals surface area contributed by atoms with Gasteiger partial charge in [-0.25, -0.2) is 0 Å². The standard InChI is InChI=1S/C12H23F3N2O/c1-3-6-17(8-12(13,14)15)7-11(2,9-18)16-10-4-5-10/h10,16,18H,3-9H2,1-2H3. The van der Waals surface area contributed by atoms with Crippen molar-refractivity contribution in [1.82, 2.24) is 10.2 Å². The molecule has 0 heterocycles. The Labute approximate surface area is 106 Å². The van der Waals surface area contributed by atoms with Gasteiger partial charge in [-0.2, -0.15) is 13.2 Å². The lowest BCUT2D eigenvalue weighted by Crippen LogP contribution is -2.56. The molecule has 1 saturated carbocycles. The topological polar surface area (TPSA) is 35.5 Å². The molecule has 1 unspecified atom stereocenters. The van der Waals surface area contributed by atoms with Gasteiger partial charge in [0.15, 0.2) is 0 Å². The molecule has 0 amide bonds. The first-order chi connectivity index (χ1) is 8.28. The average Bonchev–Trinajstić information content (AvgIpc) is 2.99. The molecular weight excluding hydrogens is 245 g/mol. The third-order valence-corrected chi connectivity index (χ3v) is 2.99. The molecule has 108 valence electrons. The van der Waals surface area contributed by atoms with Crippen molar-refractivity contribution in [3.8, 4) is 0 Å². The molecule has 1 rings (SSSR count). The summed E-state index contributed by atoms with van der Waals surface area (Å²) in [6.45, 7) is 3.18. The van der Waals surface area contributed by atoms with Crippen molar-refractivity contribution >= 4 is 0 Å². The first kappa shape index (κ1) is 15.7. The fraction of sp³-hybridized carbons (Fsp3) is 1.00. The van der Waals surface area contributed by atoms with Crippen LogP contribution in [-0.2, 0) is 0 Å². The van der Waals surface area contributed by atoms with E-state index in [0.717, 1.165) is 12.8 Å². The van der Waals surface area contributed by atoms with E-state index >= 15 is 0 Å². The molecule has 3 nitrogen and oxygen atoms in total. The molecule has 1 fully saturated rings. The lowest BCUT2D eigenvalue weighted by Gasteiger charge is -2.35. The zero-order valence-corrected chi connectivity index (χ0v) is 11.1. The van der Waals surface area contributed by atoms with E-state index < -0.39 is 18.3 Å². The SMILES string of the molecule is CCCN(CC(F)(F)F)CC(C)(CO)NC1CC1. The maximum Gasteiger partial charge on any atom is 0.401 e. The van der Waals surface area contributed by atoms with Gasteiger partial charge in [0.2, 0.25) is 0 Å². The molecule has 1 aliphatic carbocycles. The molecule has 0 spiro atoms. The largest absolute Gasteiger partial charge is 0.401 e. The van der Waals surface area contributed by atoms with E-state index in [1.165, 1.54) is 4.90 Å². The van der Waals surface area contributed by atoms with Gasteiger partial charge in [0.25, 0.3) is 0 Å². The van der Waals surface area contributed by atoms with Crippen LogP contribution in [0.3, 0.4) is 0 Å². The summed E-state index contributed by atoms with van der Waals surface area (Å²) < 4.78 is 37.4. The molecule has 0 aromatic heterocycles. The monoisotopic (exact) mass is 268 g/mol. The van der Waals surface area contributed by atoms with E-state index in [2.05, 4.69) is 5.32 Å². The Morgan fingerprint density at radius 2 is 1.89 bits per heavy atom. The summed E-state index contributed by atoms with van der Waals surface area (Å²) in [6.07, 6.45) is -1.43. The highest BCUT2D eigenvalue weighted by Crippen LogP contribution is 2.24. The first-order valence-corrected chi connectivity index (χ1v) is 6.45. The second-order valence-corrected chi connectivity index (χ2v) is 5.46. The van der Waals surface area contributed by atoms with Gasteiger partial charge in [-0.3, -0.25) is 4.90 Å². The molecular formula is C12H23F3N2O. The average molecular weight is 268 g/mol. The number of alkyl halides is 3. The summed E-state index contributed by atoms with van der Waals surface area (Å²) >= 11 is 0. The highest BCUT2D eigenvalue weighted by atomic mass is 19.4. The Hall–Kier alpha value is -0.330. The van der Waals surface area contributed by atoms with E-state index in [1.54, 1.807) is 6.92 Å². The number of halogens is 3. The Morgan fingerprint density at radius 1 is 1.28 bits per heavy atom. The molecule has 18 heavy (non-hydrogen) atoms. The zero-order valence-electron chi connectivity index (χ0n) is 11.1. The molecule has 6 heteroatoms. The number of aliphatic hydroxyl groups is 1. The fourth-order valence-corrected chi connectivity index (χ4v) is 2.14. The zero-order chi connectivity index (χ0) is 13.8. The van der Waals surface area contributed by atoms with Crippen LogP contribution in [-0.4, -0.2) is 54.0 Å². The smallest absolute Gasteiger partial charge is 0.394 e. The number of nitrogens with zero attached hydrogens (tertiary/aromatic N) is 1. The maximum absolute atomic E-state index is 12.5. The first-order valence-electron chi connectivity index (χ1n) is 6.45. The van der Waals surface area contributed by atoms with E-state index in [-0.39, 0.29) is 13.2 Å². The van der Waals surface area contributed by atoms with Gasteiger partial charge < -0.3 is 10.4 Å². The predicted octanol–water partition coefficient (Wildman–Crippen LogP) is 1.76. The normalized spacial score (nSPS) is 20.2. The molecule has 1 atom stereocenters. The van der Waals surface area contributed by atoms with Crippen LogP contribution in [0.1, 0.15) is 33.1 Å². The minimum absolute atomic E-state index is 0.151. The minimum Gasteiger partial charge on any atom is -0.394 e. The van der Waals surface area contributed by atoms with Crippen molar-refractivity contribution in [3.63, 3.8) is 0 Å². The van der Waals surface area contributed by atoms with Crippen LogP contribution >= 0.6 is 0 Å². The van der Waals surface area contributed by atoms with Crippen molar-refractivity contribution < 1.29 is 18.3 Å². The molecule has 0 saturated heterocycles. The van der Waals surface area contributed by atoms with Crippen LogP contribution in [0.4, 0.5) is 13.2 Å². The highest BCUT2D eigenvalue weighted by molar-refractivity contribution is 4.94. The molecule has 2 N–H and O–H groups in total. The Morgan fingerprint density at radius 3 is 2.28 bits per heavy atom. The minimum atomic E-state index is -4.19. The number of nitrogens with one attached hydrogen (secondary N) is 1. The summed E-state index contributed by atoms with van der Waals surface area (Å²) in [5.41, 5.74) is -0.651. The molecule has 0 aromatic rings. The van der Waals surface area contributed by atoms with Gasteiger partial charge in [0, 0.05) is 12.6 Å². The molecule has 1 aliphatic rings. The summed E-state index contributed by atoms with van der Waals surface area (Å²) in [5.74, 6) is 0. The summed E-state index contributed by atoms with van der Waals surface area (Å²) in [4.78, 5) is 1.37. The molecule has 0 radical (unpaired) electrons. The summed E-state index contributed by atoms with van der Waals surface area (Å²) in [7, 11) is 0. The van der Waals surface area contributed by atoms with Crippen LogP contribution in [0.25, 0.3) is 0 Å². The van der Waals surface area contributed by atoms with Gasteiger partial charge in [-0.1, -0.05) is 6.92 Å². The maximum atomic E-state index is 12.5. The highest BCUT2D eigenvalue weighted by Gasteiger charge is 2.36. The predicted molar refractivity (Wildman–Crippen MR) is 64.4 cm³/mol. The number of hydrogen-bond donors (Lipinski definition) is 2. The van der Waals surface area contributed by atoms with Gasteiger partial charge >= 0.3 is 6.18 Å². The Balaban J connectivity index is 2.55. The van der Waals surface area contributed by atoms with Crippen molar-refractivity contribution in [2.75, 3.05) is 26.2 Å². The third kappa shape index (κ3) is 6.02. The van der Waals surface area contributed by atoms with Crippen LogP contribution in [0.2, 0.25) is 0 Å². The van der Waals surface area contributed by atoms with Crippen LogP contribution in [0, 0.1) is 0 Å². The lowest BCUT2D eigenvalue weighted by atomic mass is 10.0. The number of aliphatic hydroxyl groups excluding tert-OH is 1. The summed E-state index contributed by atoms with van der Waals surface area (Å²) in [6, 6.07) is 0.358. The van der Waals surface area contributed by atoms with E-state index in [0.29, 0.717) is 19.0 Å². The van der Waals surface area contributed by atoms with Crippen molar-refractivity contribution in [1.29, 1.82) is 0 Å². The van der Waals surface area contributed by atoms with Crippen molar-refractivity contribution in [3.05, 3.63) is 0 Å². The van der Waals surface area contributed by atoms with Gasteiger partial charge in [-0.15, -0.1) is 0 Å². The Kier molecular flexibility index (Phi) is 5.43. The quantitative estimate of drug-likeness (QED) is 0.704. The molecule has 0 aromatic carbocycles. The Bertz CT molecular complexity index is 256. The van der Waals surface area contributed by atoms with E-state index in [1.807, 2.05) is 6.92 Å². The lowest BCUT2D eigenvalue weighted by molar-refractivity contribution is -0.148. The van der Waals surface area contributed by atoms with Gasteiger partial charge in [0.05, 0.1) is 18.7 Å². The number of rotatable bonds is 8. The van der Waals surface area contributed by atoms with Crippen LogP contribution in [0.15, 0.2) is 0 Å². The fourth-order valence-electron chi connectivity index (χ4n) is 2.14. The van der Waals surface area contributed by atoms with E-state index in [4.69, 9.17) is 0 Å². The van der Waals surface area contributed by atoms with Gasteiger partial charge in [0.1, 0.15) is 0 Å². The van der Waals surface area contributed by atoms with Crippen molar-refractivity contribution in [2.24, 2.45) is 0 Å². The second-order valence-electron chi connectivity index (χ2n) is 5.46. The van der Waals surface area contributed by atoms with Crippen LogP contribution < -0.4 is 5.32 Å². The number of hydrogen-bond acceptors (Lipinski definition) is 3. The molecule has 0 bridgehead atoms. The molecule has 0 aliphatic heterocycles. The second kappa shape index (κ2) is 6.21. The van der Waals surface area contributed by atoms with Gasteiger partial charge in [-0.05, 0) is 32.7 Å². The summed E-state index contributed by atoms with van der Waals surface area (Å²) in [5, 5.41) is 12.6. The third-order valence-electron chi connectivity index (χ3n) is 2.99. The van der Waals surface area contributed by atoms with Crippen molar-refractivity contribution in [2.45, 2.75) is 50.9 Å². The van der Waals surface area contributed by atoms with Crippen LogP contribution in [0.5, 0.6) is 0 Å².